The van der Waals surface area contributed by atoms with Crippen LogP contribution in [0.2, 0.25) is 0 Å². The minimum absolute atomic E-state index is 0.371. The third kappa shape index (κ3) is 3.77. The summed E-state index contributed by atoms with van der Waals surface area (Å²) in [6.07, 6.45) is 0. The summed E-state index contributed by atoms with van der Waals surface area (Å²) >= 11 is 5.03. The van der Waals surface area contributed by atoms with E-state index in [0.717, 1.165) is 0 Å². The number of carboxylic acid groups (broad SMARTS) is 1. The fourth-order valence-electron chi connectivity index (χ4n) is 0.399. The molecule has 1 amide bonds. The Labute approximate surface area is 67.3 Å². The van der Waals surface area contributed by atoms with Gasteiger partial charge in [-0.05, 0) is 0 Å². The van der Waals surface area contributed by atoms with E-state index in [-0.39, 0.29) is 5.88 Å². The Bertz CT molecular complexity index is 164. The number of carboxylic acids is 1. The number of amides is 1. The molecular formula is C5H7ClFNO3. The van der Waals surface area contributed by atoms with Crippen LogP contribution in [0.5, 0.6) is 0 Å². The Kier molecular flexibility index (Phi) is 4.52. The van der Waals surface area contributed by atoms with E-state index in [1.807, 2.05) is 5.32 Å². The first kappa shape index (κ1) is 10.2. The first-order chi connectivity index (χ1) is 5.11. The summed E-state index contributed by atoms with van der Waals surface area (Å²) in [4.78, 5) is 20.5. The lowest BCUT2D eigenvalue weighted by Gasteiger charge is -2.08. The van der Waals surface area contributed by atoms with Gasteiger partial charge in [0.25, 0.3) is 0 Å². The molecule has 0 heterocycles. The van der Waals surface area contributed by atoms with Crippen LogP contribution < -0.4 is 5.32 Å². The molecule has 0 saturated carbocycles. The molecule has 0 rings (SSSR count). The molecule has 6 heteroatoms. The van der Waals surface area contributed by atoms with E-state index in [2.05, 4.69) is 0 Å². The third-order valence-electron chi connectivity index (χ3n) is 0.909. The van der Waals surface area contributed by atoms with Crippen LogP contribution in [0, 0.1) is 0 Å². The van der Waals surface area contributed by atoms with E-state index in [9.17, 15) is 14.0 Å². The second kappa shape index (κ2) is 4.90. The highest BCUT2D eigenvalue weighted by molar-refractivity contribution is 6.27. The largest absolute Gasteiger partial charge is 0.480 e. The Morgan fingerprint density at radius 3 is 2.45 bits per heavy atom. The second-order valence-corrected chi connectivity index (χ2v) is 2.01. The summed E-state index contributed by atoms with van der Waals surface area (Å²) in [5.74, 6) is -2.48. The lowest BCUT2D eigenvalue weighted by Crippen LogP contribution is -2.42. The molecule has 0 spiro atoms. The number of carbonyl (C=O) groups is 2. The molecule has 4 nitrogen and oxygen atoms in total. The molecule has 64 valence electrons. The average molecular weight is 184 g/mol. The van der Waals surface area contributed by atoms with Crippen LogP contribution in [-0.4, -0.2) is 35.6 Å². The first-order valence-corrected chi connectivity index (χ1v) is 3.29. The summed E-state index contributed by atoms with van der Waals surface area (Å²) in [5.41, 5.74) is 0. The maximum atomic E-state index is 11.8. The van der Waals surface area contributed by atoms with Crippen LogP contribution in [0.1, 0.15) is 0 Å². The molecule has 0 aliphatic rings. The number of hydrogen-bond acceptors (Lipinski definition) is 2. The van der Waals surface area contributed by atoms with Crippen molar-refractivity contribution in [3.05, 3.63) is 0 Å². The van der Waals surface area contributed by atoms with E-state index < -0.39 is 24.6 Å². The van der Waals surface area contributed by atoms with Gasteiger partial charge in [0.15, 0.2) is 6.04 Å². The Morgan fingerprint density at radius 1 is 1.64 bits per heavy atom. The van der Waals surface area contributed by atoms with Crippen molar-refractivity contribution in [1.82, 2.24) is 5.32 Å². The highest BCUT2D eigenvalue weighted by atomic mass is 35.5. The number of nitrogens with one attached hydrogen (secondary N) is 1. The molecule has 0 fully saturated rings. The van der Waals surface area contributed by atoms with Gasteiger partial charge in [0.05, 0.1) is 0 Å². The molecule has 0 radical (unpaired) electrons. The van der Waals surface area contributed by atoms with Crippen molar-refractivity contribution in [2.45, 2.75) is 6.04 Å². The summed E-state index contributed by atoms with van der Waals surface area (Å²) in [6.45, 7) is -1.14. The number of rotatable bonds is 4. The number of hydrogen-bond donors (Lipinski definition) is 2. The fourth-order valence-corrected chi connectivity index (χ4v) is 0.476. The SMILES string of the molecule is O=C(CCl)N[C@H](CF)C(=O)O. The third-order valence-corrected chi connectivity index (χ3v) is 1.15. The molecule has 0 aromatic heterocycles. The molecule has 1 atom stereocenters. The van der Waals surface area contributed by atoms with Gasteiger partial charge < -0.3 is 10.4 Å². The maximum absolute atomic E-state index is 11.8. The van der Waals surface area contributed by atoms with Gasteiger partial charge >= 0.3 is 5.97 Å². The molecule has 0 aromatic rings. The smallest absolute Gasteiger partial charge is 0.328 e. The van der Waals surface area contributed by atoms with Crippen molar-refractivity contribution in [3.8, 4) is 0 Å². The molecule has 0 saturated heterocycles. The lowest BCUT2D eigenvalue weighted by atomic mass is 10.3. The highest BCUT2D eigenvalue weighted by Crippen LogP contribution is 1.86. The molecule has 11 heavy (non-hydrogen) atoms. The zero-order valence-corrected chi connectivity index (χ0v) is 6.27. The standard InChI is InChI=1S/C5H7ClFNO3/c6-1-4(9)8-3(2-7)5(10)11/h3H,1-2H2,(H,8,9)(H,10,11)/t3-/m1/s1. The second-order valence-electron chi connectivity index (χ2n) is 1.75. The predicted molar refractivity (Wildman–Crippen MR) is 36.3 cm³/mol. The van der Waals surface area contributed by atoms with E-state index in [1.165, 1.54) is 0 Å². The molecule has 2 N–H and O–H groups in total. The van der Waals surface area contributed by atoms with E-state index >= 15 is 0 Å². The summed E-state index contributed by atoms with van der Waals surface area (Å²) in [5, 5.41) is 10.1. The molecular weight excluding hydrogens is 177 g/mol. The number of alkyl halides is 2. The summed E-state index contributed by atoms with van der Waals surface area (Å²) in [6, 6.07) is -1.48. The lowest BCUT2D eigenvalue weighted by molar-refractivity contribution is -0.141. The minimum atomic E-state index is -1.48. The van der Waals surface area contributed by atoms with Crippen LogP contribution in [0.3, 0.4) is 0 Å². The predicted octanol–water partition coefficient (Wildman–Crippen LogP) is -0.236. The zero-order valence-electron chi connectivity index (χ0n) is 5.51. The molecule has 0 unspecified atom stereocenters. The summed E-state index contributed by atoms with van der Waals surface area (Å²) < 4.78 is 11.8. The van der Waals surface area contributed by atoms with Crippen molar-refractivity contribution >= 4 is 23.5 Å². The van der Waals surface area contributed by atoms with Gasteiger partial charge in [-0.1, -0.05) is 0 Å². The van der Waals surface area contributed by atoms with Gasteiger partial charge in [-0.25, -0.2) is 9.18 Å². The molecule has 0 aliphatic carbocycles. The molecule has 0 aromatic carbocycles. The van der Waals surface area contributed by atoms with Crippen LogP contribution in [-0.2, 0) is 9.59 Å². The van der Waals surface area contributed by atoms with Crippen molar-refractivity contribution in [3.63, 3.8) is 0 Å². The molecule has 0 aliphatic heterocycles. The molecule has 0 bridgehead atoms. The van der Waals surface area contributed by atoms with E-state index in [4.69, 9.17) is 16.7 Å². The topological polar surface area (TPSA) is 66.4 Å². The van der Waals surface area contributed by atoms with Crippen molar-refractivity contribution in [1.29, 1.82) is 0 Å². The quantitative estimate of drug-likeness (QED) is 0.592. The monoisotopic (exact) mass is 183 g/mol. The Morgan fingerprint density at radius 2 is 2.18 bits per heavy atom. The normalized spacial score (nSPS) is 12.2. The number of halogens is 2. The number of aliphatic carboxylic acids is 1. The van der Waals surface area contributed by atoms with E-state index in [1.54, 1.807) is 0 Å². The van der Waals surface area contributed by atoms with Gasteiger partial charge in [-0.3, -0.25) is 4.79 Å². The van der Waals surface area contributed by atoms with Gasteiger partial charge in [-0.2, -0.15) is 0 Å². The van der Waals surface area contributed by atoms with Crippen molar-refractivity contribution < 1.29 is 19.1 Å². The number of carbonyl (C=O) groups excluding carboxylic acids is 1. The van der Waals surface area contributed by atoms with Gasteiger partial charge in [0, 0.05) is 0 Å². The highest BCUT2D eigenvalue weighted by Gasteiger charge is 2.18. The van der Waals surface area contributed by atoms with Crippen LogP contribution >= 0.6 is 11.6 Å². The Balaban J connectivity index is 3.88. The first-order valence-electron chi connectivity index (χ1n) is 2.76. The van der Waals surface area contributed by atoms with E-state index in [0.29, 0.717) is 0 Å². The van der Waals surface area contributed by atoms with Crippen molar-refractivity contribution in [2.24, 2.45) is 0 Å². The average Bonchev–Trinajstić information content (AvgIpc) is 1.99. The fraction of sp³-hybridized carbons (Fsp3) is 0.600. The van der Waals surface area contributed by atoms with Gasteiger partial charge in [0.2, 0.25) is 5.91 Å². The van der Waals surface area contributed by atoms with Crippen LogP contribution in [0.15, 0.2) is 0 Å². The van der Waals surface area contributed by atoms with Crippen molar-refractivity contribution in [2.75, 3.05) is 12.6 Å². The van der Waals surface area contributed by atoms with Gasteiger partial charge in [-0.15, -0.1) is 11.6 Å². The van der Waals surface area contributed by atoms with Gasteiger partial charge in [0.1, 0.15) is 12.6 Å². The summed E-state index contributed by atoms with van der Waals surface area (Å²) in [7, 11) is 0. The maximum Gasteiger partial charge on any atom is 0.328 e. The zero-order chi connectivity index (χ0) is 8.85. The van der Waals surface area contributed by atoms with Crippen LogP contribution in [0.25, 0.3) is 0 Å². The minimum Gasteiger partial charge on any atom is -0.480 e. The van der Waals surface area contributed by atoms with Crippen LogP contribution in [0.4, 0.5) is 4.39 Å². The Hall–Kier alpha value is -0.840.